The fourth-order valence-corrected chi connectivity index (χ4v) is 2.59. The van der Waals surface area contributed by atoms with Crippen molar-refractivity contribution in [2.45, 2.75) is 38.6 Å². The molecule has 1 aromatic carbocycles. The van der Waals surface area contributed by atoms with Gasteiger partial charge in [0.05, 0.1) is 12.1 Å². The quantitative estimate of drug-likeness (QED) is 0.761. The molecule has 5 heteroatoms. The molecule has 3 nitrogen and oxygen atoms in total. The minimum atomic E-state index is -0.684. The highest BCUT2D eigenvalue weighted by molar-refractivity contribution is 9.10. The third-order valence-electron chi connectivity index (χ3n) is 3.16. The van der Waals surface area contributed by atoms with Crippen molar-refractivity contribution in [3.05, 3.63) is 27.7 Å². The number of halogens is 2. The van der Waals surface area contributed by atoms with Crippen molar-refractivity contribution in [1.29, 1.82) is 0 Å². The van der Waals surface area contributed by atoms with E-state index in [4.69, 9.17) is 16.3 Å². The molecule has 19 heavy (non-hydrogen) atoms. The number of ether oxygens (including phenoxy) is 1. The van der Waals surface area contributed by atoms with Crippen molar-refractivity contribution >= 4 is 39.2 Å². The molecule has 1 rings (SSSR count). The Balaban J connectivity index is 3.05. The predicted molar refractivity (Wildman–Crippen MR) is 82.7 cm³/mol. The van der Waals surface area contributed by atoms with Crippen LogP contribution < -0.4 is 5.32 Å². The van der Waals surface area contributed by atoms with E-state index < -0.39 is 5.54 Å². The Morgan fingerprint density at radius 1 is 1.47 bits per heavy atom. The number of carbonyl (C=O) groups excluding carboxylic acids is 1. The number of rotatable bonds is 6. The molecule has 0 amide bonds. The summed E-state index contributed by atoms with van der Waals surface area (Å²) in [4.78, 5) is 12.1. The Morgan fingerprint density at radius 3 is 2.63 bits per heavy atom. The van der Waals surface area contributed by atoms with Gasteiger partial charge in [0.1, 0.15) is 5.54 Å². The number of esters is 1. The van der Waals surface area contributed by atoms with Crippen LogP contribution in [0.5, 0.6) is 0 Å². The van der Waals surface area contributed by atoms with Gasteiger partial charge >= 0.3 is 5.97 Å². The standard InChI is InChI=1S/C14H19BrClNO2/c1-4-8-14(5-2,13(18)19-3)17-10-6-7-12(16)11(15)9-10/h6-7,9,17H,4-5,8H2,1-3H3. The van der Waals surface area contributed by atoms with Gasteiger partial charge < -0.3 is 10.1 Å². The van der Waals surface area contributed by atoms with Crippen LogP contribution in [0, 0.1) is 0 Å². The molecular formula is C14H19BrClNO2. The van der Waals surface area contributed by atoms with E-state index in [2.05, 4.69) is 21.2 Å². The van der Waals surface area contributed by atoms with Crippen LogP contribution in [-0.2, 0) is 9.53 Å². The van der Waals surface area contributed by atoms with Gasteiger partial charge in [0.25, 0.3) is 0 Å². The summed E-state index contributed by atoms with van der Waals surface area (Å²) in [7, 11) is 1.42. The maximum Gasteiger partial charge on any atom is 0.331 e. The zero-order valence-corrected chi connectivity index (χ0v) is 13.8. The first-order chi connectivity index (χ1) is 8.99. The molecule has 1 unspecified atom stereocenters. The van der Waals surface area contributed by atoms with Crippen LogP contribution in [0.3, 0.4) is 0 Å². The van der Waals surface area contributed by atoms with Crippen molar-refractivity contribution in [2.24, 2.45) is 0 Å². The summed E-state index contributed by atoms with van der Waals surface area (Å²) in [5.41, 5.74) is 0.161. The van der Waals surface area contributed by atoms with Crippen LogP contribution >= 0.6 is 27.5 Å². The second-order valence-corrected chi connectivity index (χ2v) is 5.69. The molecule has 1 aromatic rings. The van der Waals surface area contributed by atoms with Crippen molar-refractivity contribution < 1.29 is 9.53 Å². The first-order valence-electron chi connectivity index (χ1n) is 6.30. The van der Waals surface area contributed by atoms with Gasteiger partial charge in [-0.3, -0.25) is 0 Å². The zero-order valence-electron chi connectivity index (χ0n) is 11.4. The Hall–Kier alpha value is -0.740. The van der Waals surface area contributed by atoms with Gasteiger partial charge in [0, 0.05) is 10.2 Å². The van der Waals surface area contributed by atoms with Crippen LogP contribution in [-0.4, -0.2) is 18.6 Å². The van der Waals surface area contributed by atoms with E-state index in [0.29, 0.717) is 11.4 Å². The van der Waals surface area contributed by atoms with Gasteiger partial charge in [0.15, 0.2) is 0 Å². The third-order valence-corrected chi connectivity index (χ3v) is 4.37. The topological polar surface area (TPSA) is 38.3 Å². The molecule has 0 saturated heterocycles. The highest BCUT2D eigenvalue weighted by Gasteiger charge is 2.36. The lowest BCUT2D eigenvalue weighted by molar-refractivity contribution is -0.146. The van der Waals surface area contributed by atoms with E-state index in [1.54, 1.807) is 6.07 Å². The molecule has 0 spiro atoms. The second kappa shape index (κ2) is 7.15. The fraction of sp³-hybridized carbons (Fsp3) is 0.500. The van der Waals surface area contributed by atoms with Crippen molar-refractivity contribution in [3.63, 3.8) is 0 Å². The fourth-order valence-electron chi connectivity index (χ4n) is 2.10. The highest BCUT2D eigenvalue weighted by atomic mass is 79.9. The number of carbonyl (C=O) groups is 1. The average Bonchev–Trinajstić information content (AvgIpc) is 2.41. The Bertz CT molecular complexity index is 453. The number of hydrogen-bond acceptors (Lipinski definition) is 3. The monoisotopic (exact) mass is 347 g/mol. The van der Waals surface area contributed by atoms with Gasteiger partial charge in [-0.15, -0.1) is 0 Å². The van der Waals surface area contributed by atoms with Crippen LogP contribution in [0.15, 0.2) is 22.7 Å². The van der Waals surface area contributed by atoms with Gasteiger partial charge in [-0.05, 0) is 47.0 Å². The molecule has 106 valence electrons. The minimum Gasteiger partial charge on any atom is -0.467 e. The van der Waals surface area contributed by atoms with Crippen molar-refractivity contribution in [3.8, 4) is 0 Å². The molecule has 0 aromatic heterocycles. The summed E-state index contributed by atoms with van der Waals surface area (Å²) in [6.45, 7) is 4.03. The predicted octanol–water partition coefficient (Wildman–Crippen LogP) is 4.64. The van der Waals surface area contributed by atoms with Crippen LogP contribution in [0.4, 0.5) is 5.69 Å². The lowest BCUT2D eigenvalue weighted by atomic mass is 9.90. The van der Waals surface area contributed by atoms with E-state index >= 15 is 0 Å². The van der Waals surface area contributed by atoms with Crippen molar-refractivity contribution in [2.75, 3.05) is 12.4 Å². The third kappa shape index (κ3) is 3.86. The van der Waals surface area contributed by atoms with E-state index in [9.17, 15) is 4.79 Å². The summed E-state index contributed by atoms with van der Waals surface area (Å²) in [6, 6.07) is 5.51. The minimum absolute atomic E-state index is 0.233. The maximum atomic E-state index is 12.1. The van der Waals surface area contributed by atoms with E-state index in [0.717, 1.165) is 23.0 Å². The first-order valence-corrected chi connectivity index (χ1v) is 7.47. The number of nitrogens with one attached hydrogen (secondary N) is 1. The van der Waals surface area contributed by atoms with Gasteiger partial charge in [0.2, 0.25) is 0 Å². The van der Waals surface area contributed by atoms with E-state index in [-0.39, 0.29) is 5.97 Å². The average molecular weight is 349 g/mol. The molecule has 1 atom stereocenters. The SMILES string of the molecule is CCCC(CC)(Nc1ccc(Cl)c(Br)c1)C(=O)OC. The summed E-state index contributed by atoms with van der Waals surface area (Å²) in [6.07, 6.45) is 2.27. The number of benzene rings is 1. The van der Waals surface area contributed by atoms with E-state index in [1.165, 1.54) is 7.11 Å². The van der Waals surface area contributed by atoms with Gasteiger partial charge in [-0.25, -0.2) is 4.79 Å². The number of methoxy groups -OCH3 is 1. The smallest absolute Gasteiger partial charge is 0.331 e. The van der Waals surface area contributed by atoms with Crippen LogP contribution in [0.1, 0.15) is 33.1 Å². The Labute approximate surface area is 127 Å². The number of hydrogen-bond donors (Lipinski definition) is 1. The summed E-state index contributed by atoms with van der Waals surface area (Å²) < 4.78 is 5.74. The molecular weight excluding hydrogens is 330 g/mol. The molecule has 0 radical (unpaired) electrons. The summed E-state index contributed by atoms with van der Waals surface area (Å²) in [5.74, 6) is -0.233. The zero-order chi connectivity index (χ0) is 14.5. The molecule has 1 N–H and O–H groups in total. The van der Waals surface area contributed by atoms with Crippen molar-refractivity contribution in [1.82, 2.24) is 0 Å². The van der Waals surface area contributed by atoms with E-state index in [1.807, 2.05) is 26.0 Å². The molecule has 0 aliphatic carbocycles. The second-order valence-electron chi connectivity index (χ2n) is 4.43. The Morgan fingerprint density at radius 2 is 2.16 bits per heavy atom. The highest BCUT2D eigenvalue weighted by Crippen LogP contribution is 2.30. The maximum absolute atomic E-state index is 12.1. The lowest BCUT2D eigenvalue weighted by Gasteiger charge is -2.32. The summed E-state index contributed by atoms with van der Waals surface area (Å²) >= 11 is 9.35. The first kappa shape index (κ1) is 16.3. The molecule has 0 aliphatic heterocycles. The molecule has 0 aliphatic rings. The van der Waals surface area contributed by atoms with Gasteiger partial charge in [-0.1, -0.05) is 31.9 Å². The number of anilines is 1. The molecule has 0 fully saturated rings. The van der Waals surface area contributed by atoms with Crippen LogP contribution in [0.25, 0.3) is 0 Å². The Kier molecular flexibility index (Phi) is 6.14. The normalized spacial score (nSPS) is 13.7. The molecule has 0 saturated carbocycles. The molecule has 0 heterocycles. The molecule has 0 bridgehead atoms. The van der Waals surface area contributed by atoms with Crippen LogP contribution in [0.2, 0.25) is 5.02 Å². The summed E-state index contributed by atoms with van der Waals surface area (Å²) in [5, 5.41) is 3.94. The largest absolute Gasteiger partial charge is 0.467 e. The van der Waals surface area contributed by atoms with Gasteiger partial charge in [-0.2, -0.15) is 0 Å². The lowest BCUT2D eigenvalue weighted by Crippen LogP contribution is -2.46.